The summed E-state index contributed by atoms with van der Waals surface area (Å²) in [6, 6.07) is 7.07. The van der Waals surface area contributed by atoms with E-state index in [-0.39, 0.29) is 0 Å². The third kappa shape index (κ3) is 1.40. The normalized spacial score (nSPS) is 9.46. The molecule has 2 aromatic heterocycles. The summed E-state index contributed by atoms with van der Waals surface area (Å²) in [4.78, 5) is 7.32. The Bertz CT molecular complexity index is 439. The van der Waals surface area contributed by atoms with Gasteiger partial charge in [-0.25, -0.2) is 4.68 Å². The topological polar surface area (TPSA) is 35.1 Å². The third-order valence-corrected chi connectivity index (χ3v) is 1.57. The maximum absolute atomic E-state index is 6.80. The Hall–Kier alpha value is -2.15. The number of nitrogens with zero attached hydrogens (tertiary/aromatic N) is 4. The second-order valence-corrected chi connectivity index (χ2v) is 2.42. The van der Waals surface area contributed by atoms with Crippen molar-refractivity contribution >= 4 is 5.82 Å². The molecule has 0 aliphatic heterocycles. The van der Waals surface area contributed by atoms with Crippen LogP contribution in [0.2, 0.25) is 0 Å². The number of aromatic nitrogens is 3. The number of pyridine rings is 1. The Morgan fingerprint density at radius 2 is 2.23 bits per heavy atom. The van der Waals surface area contributed by atoms with Gasteiger partial charge in [0, 0.05) is 18.5 Å². The monoisotopic (exact) mass is 170 g/mol. The Morgan fingerprint density at radius 3 is 2.92 bits per heavy atom. The van der Waals surface area contributed by atoms with E-state index in [1.54, 1.807) is 29.2 Å². The van der Waals surface area contributed by atoms with E-state index in [1.807, 2.05) is 12.1 Å². The molecule has 0 saturated heterocycles. The van der Waals surface area contributed by atoms with Crippen LogP contribution in [0, 0.1) is 6.57 Å². The van der Waals surface area contributed by atoms with Crippen LogP contribution >= 0.6 is 0 Å². The molecule has 2 rings (SSSR count). The lowest BCUT2D eigenvalue weighted by molar-refractivity contribution is 0.849. The van der Waals surface area contributed by atoms with Gasteiger partial charge in [-0.05, 0) is 12.1 Å². The predicted octanol–water partition coefficient (Wildman–Crippen LogP) is 1.82. The van der Waals surface area contributed by atoms with Crippen LogP contribution < -0.4 is 0 Å². The Morgan fingerprint density at radius 1 is 1.31 bits per heavy atom. The summed E-state index contributed by atoms with van der Waals surface area (Å²) in [7, 11) is 0. The predicted molar refractivity (Wildman–Crippen MR) is 47.6 cm³/mol. The van der Waals surface area contributed by atoms with Crippen LogP contribution in [0.3, 0.4) is 0 Å². The smallest absolute Gasteiger partial charge is 0.271 e. The summed E-state index contributed by atoms with van der Waals surface area (Å²) >= 11 is 0. The van der Waals surface area contributed by atoms with E-state index < -0.39 is 0 Å². The molecule has 0 spiro atoms. The maximum Gasteiger partial charge on any atom is 0.271 e. The fraction of sp³-hybridized carbons (Fsp3) is 0. The van der Waals surface area contributed by atoms with Crippen LogP contribution in [0.25, 0.3) is 10.7 Å². The number of hydrogen-bond acceptors (Lipinski definition) is 2. The van der Waals surface area contributed by atoms with Crippen LogP contribution in [-0.2, 0) is 0 Å². The molecule has 0 bridgehead atoms. The lowest BCUT2D eigenvalue weighted by Crippen LogP contribution is -1.96. The van der Waals surface area contributed by atoms with Crippen molar-refractivity contribution in [1.29, 1.82) is 0 Å². The van der Waals surface area contributed by atoms with Gasteiger partial charge in [-0.3, -0.25) is 0 Å². The molecule has 0 unspecified atom stereocenters. The minimum atomic E-state index is 0.382. The highest BCUT2D eigenvalue weighted by molar-refractivity contribution is 5.39. The fourth-order valence-corrected chi connectivity index (χ4v) is 1.01. The zero-order valence-corrected chi connectivity index (χ0v) is 6.75. The van der Waals surface area contributed by atoms with Gasteiger partial charge in [-0.15, -0.1) is 4.98 Å². The van der Waals surface area contributed by atoms with Crippen LogP contribution in [0.1, 0.15) is 0 Å². The zero-order valence-electron chi connectivity index (χ0n) is 6.75. The molecule has 0 aromatic carbocycles. The van der Waals surface area contributed by atoms with E-state index in [1.165, 1.54) is 0 Å². The van der Waals surface area contributed by atoms with Gasteiger partial charge >= 0.3 is 0 Å². The molecule has 0 saturated carbocycles. The summed E-state index contributed by atoms with van der Waals surface area (Å²) in [5, 5.41) is 4.01. The SMILES string of the molecule is [C-]#[N+]c1cccc(-n2cccn2)n1. The second kappa shape index (κ2) is 3.07. The number of rotatable bonds is 1. The molecular weight excluding hydrogens is 164 g/mol. The van der Waals surface area contributed by atoms with Gasteiger partial charge in [0.15, 0.2) is 0 Å². The van der Waals surface area contributed by atoms with Gasteiger partial charge < -0.3 is 4.85 Å². The molecular formula is C9H6N4. The fourth-order valence-electron chi connectivity index (χ4n) is 1.01. The first-order valence-corrected chi connectivity index (χ1v) is 3.75. The van der Waals surface area contributed by atoms with Crippen molar-refractivity contribution in [2.75, 3.05) is 0 Å². The van der Waals surface area contributed by atoms with Crippen LogP contribution in [0.4, 0.5) is 5.82 Å². The van der Waals surface area contributed by atoms with Crippen molar-refractivity contribution in [1.82, 2.24) is 14.8 Å². The highest BCUT2D eigenvalue weighted by atomic mass is 15.3. The molecule has 0 aliphatic rings. The summed E-state index contributed by atoms with van der Waals surface area (Å²) in [6.07, 6.45) is 3.46. The van der Waals surface area contributed by atoms with Crippen molar-refractivity contribution in [2.24, 2.45) is 0 Å². The van der Waals surface area contributed by atoms with Gasteiger partial charge in [-0.1, -0.05) is 12.6 Å². The molecule has 0 N–H and O–H groups in total. The van der Waals surface area contributed by atoms with E-state index in [9.17, 15) is 0 Å². The highest BCUT2D eigenvalue weighted by Crippen LogP contribution is 2.10. The minimum Gasteiger partial charge on any atom is -0.361 e. The summed E-state index contributed by atoms with van der Waals surface area (Å²) in [5.74, 6) is 1.05. The zero-order chi connectivity index (χ0) is 9.10. The largest absolute Gasteiger partial charge is 0.361 e. The molecule has 0 fully saturated rings. The molecule has 0 aliphatic carbocycles. The molecule has 4 heteroatoms. The van der Waals surface area contributed by atoms with Crippen LogP contribution in [-0.4, -0.2) is 14.8 Å². The van der Waals surface area contributed by atoms with Crippen molar-refractivity contribution in [2.45, 2.75) is 0 Å². The van der Waals surface area contributed by atoms with E-state index >= 15 is 0 Å². The van der Waals surface area contributed by atoms with Crippen molar-refractivity contribution in [3.8, 4) is 5.82 Å². The molecule has 0 atom stereocenters. The van der Waals surface area contributed by atoms with Crippen LogP contribution in [0.15, 0.2) is 36.7 Å². The first-order chi connectivity index (χ1) is 6.40. The molecule has 0 radical (unpaired) electrons. The minimum absolute atomic E-state index is 0.382. The average Bonchev–Trinajstić information content (AvgIpc) is 2.71. The lowest BCUT2D eigenvalue weighted by Gasteiger charge is -1.94. The highest BCUT2D eigenvalue weighted by Gasteiger charge is 2.01. The van der Waals surface area contributed by atoms with E-state index in [0.29, 0.717) is 11.6 Å². The average molecular weight is 170 g/mol. The molecule has 0 amide bonds. The molecule has 13 heavy (non-hydrogen) atoms. The van der Waals surface area contributed by atoms with E-state index in [0.717, 1.165) is 0 Å². The van der Waals surface area contributed by atoms with Crippen molar-refractivity contribution < 1.29 is 0 Å². The Kier molecular flexibility index (Phi) is 1.77. The van der Waals surface area contributed by atoms with Gasteiger partial charge in [0.05, 0.1) is 0 Å². The molecule has 2 aromatic rings. The molecule has 2 heterocycles. The lowest BCUT2D eigenvalue weighted by atomic mass is 10.4. The second-order valence-electron chi connectivity index (χ2n) is 2.42. The van der Waals surface area contributed by atoms with Crippen LogP contribution in [0.5, 0.6) is 0 Å². The first-order valence-electron chi connectivity index (χ1n) is 3.75. The van der Waals surface area contributed by atoms with Crippen molar-refractivity contribution in [3.63, 3.8) is 0 Å². The van der Waals surface area contributed by atoms with Gasteiger partial charge in [0.1, 0.15) is 0 Å². The van der Waals surface area contributed by atoms with Gasteiger partial charge in [-0.2, -0.15) is 5.10 Å². The Labute approximate surface area is 75.3 Å². The summed E-state index contributed by atoms with van der Waals surface area (Å²) in [5.41, 5.74) is 0. The van der Waals surface area contributed by atoms with Crippen molar-refractivity contribution in [3.05, 3.63) is 48.1 Å². The van der Waals surface area contributed by atoms with Gasteiger partial charge in [0.25, 0.3) is 5.82 Å². The first kappa shape index (κ1) is 7.50. The molecule has 4 nitrogen and oxygen atoms in total. The van der Waals surface area contributed by atoms with E-state index in [4.69, 9.17) is 6.57 Å². The van der Waals surface area contributed by atoms with Gasteiger partial charge in [0.2, 0.25) is 5.82 Å². The standard InChI is InChI=1S/C9H6N4/c1-10-8-4-2-5-9(12-8)13-7-3-6-11-13/h2-7H. The maximum atomic E-state index is 6.80. The molecule has 62 valence electrons. The number of hydrogen-bond donors (Lipinski definition) is 0. The Balaban J connectivity index is 2.49. The summed E-state index contributed by atoms with van der Waals surface area (Å²) < 4.78 is 1.62. The van der Waals surface area contributed by atoms with E-state index in [2.05, 4.69) is 14.9 Å². The quantitative estimate of drug-likeness (QED) is 0.612. The summed E-state index contributed by atoms with van der Waals surface area (Å²) in [6.45, 7) is 6.80. The third-order valence-electron chi connectivity index (χ3n) is 1.57.